The van der Waals surface area contributed by atoms with Crippen LogP contribution in [0, 0.1) is 12.7 Å². The summed E-state index contributed by atoms with van der Waals surface area (Å²) in [4.78, 5) is 22.5. The summed E-state index contributed by atoms with van der Waals surface area (Å²) in [7, 11) is 2.00. The van der Waals surface area contributed by atoms with E-state index in [9.17, 15) is 13.2 Å². The Morgan fingerprint density at radius 3 is 2.54 bits per heavy atom. The van der Waals surface area contributed by atoms with Gasteiger partial charge in [0, 0.05) is 37.5 Å². The molecule has 0 N–H and O–H groups in total. The van der Waals surface area contributed by atoms with Crippen LogP contribution in [0.5, 0.6) is 17.5 Å². The van der Waals surface area contributed by atoms with Gasteiger partial charge < -0.3 is 18.9 Å². The molecule has 9 nitrogen and oxygen atoms in total. The Kier molecular flexibility index (Phi) is 9.39. The van der Waals surface area contributed by atoms with E-state index in [1.165, 1.54) is 16.7 Å². The van der Waals surface area contributed by atoms with Gasteiger partial charge in [-0.2, -0.15) is 9.97 Å². The molecule has 0 atom stereocenters. The first-order chi connectivity index (χ1) is 17.5. The van der Waals surface area contributed by atoms with Gasteiger partial charge in [-0.25, -0.2) is 12.8 Å². The number of halogens is 1. The van der Waals surface area contributed by atoms with Crippen LogP contribution in [0.1, 0.15) is 31.0 Å². The van der Waals surface area contributed by atoms with E-state index >= 15 is 4.39 Å². The van der Waals surface area contributed by atoms with Crippen molar-refractivity contribution in [2.45, 2.75) is 32.4 Å². The highest BCUT2D eigenvalue weighted by Gasteiger charge is 2.19. The molecule has 200 valence electrons. The minimum atomic E-state index is -3.43. The van der Waals surface area contributed by atoms with Gasteiger partial charge >= 0.3 is 6.01 Å². The van der Waals surface area contributed by atoms with Gasteiger partial charge in [0.2, 0.25) is 5.56 Å². The Bertz CT molecular complexity index is 1380. The highest BCUT2D eigenvalue weighted by atomic mass is 32.2. The maximum atomic E-state index is 15.0. The highest BCUT2D eigenvalue weighted by molar-refractivity contribution is 7.90. The summed E-state index contributed by atoms with van der Waals surface area (Å²) in [6, 6.07) is 7.19. The lowest BCUT2D eigenvalue weighted by atomic mass is 10.2. The number of unbranched alkanes of at least 4 members (excludes halogenated alkanes) is 1. The van der Waals surface area contributed by atoms with Crippen molar-refractivity contribution in [3.63, 3.8) is 0 Å². The van der Waals surface area contributed by atoms with Crippen molar-refractivity contribution in [2.24, 2.45) is 7.05 Å². The number of sulfone groups is 1. The fourth-order valence-corrected chi connectivity index (χ4v) is 4.97. The topological polar surface area (TPSA) is 104 Å². The minimum Gasteiger partial charge on any atom is -0.492 e. The molecule has 0 amide bonds. The van der Waals surface area contributed by atoms with Crippen LogP contribution in [0.2, 0.25) is 0 Å². The Morgan fingerprint density at radius 2 is 1.89 bits per heavy atom. The van der Waals surface area contributed by atoms with Crippen molar-refractivity contribution < 1.29 is 22.3 Å². The van der Waals surface area contributed by atoms with E-state index in [1.807, 2.05) is 25.9 Å². The molecule has 0 aliphatic carbocycles. The third-order valence-corrected chi connectivity index (χ3v) is 7.17. The molecule has 0 spiro atoms. The Labute approximate surface area is 216 Å². The molecule has 0 aliphatic rings. The average molecular weight is 533 g/mol. The van der Waals surface area contributed by atoms with Crippen LogP contribution in [0.15, 0.2) is 41.3 Å². The van der Waals surface area contributed by atoms with Gasteiger partial charge in [-0.1, -0.05) is 13.3 Å². The molecule has 11 heteroatoms. The number of aromatic nitrogens is 3. The van der Waals surface area contributed by atoms with Crippen LogP contribution in [-0.2, 0) is 22.6 Å². The fourth-order valence-electron chi connectivity index (χ4n) is 3.50. The molecule has 0 radical (unpaired) electrons. The van der Waals surface area contributed by atoms with Crippen LogP contribution in [0.4, 0.5) is 4.39 Å². The normalized spacial score (nSPS) is 11.6. The molecule has 1 aromatic carbocycles. The van der Waals surface area contributed by atoms with E-state index in [-0.39, 0.29) is 34.5 Å². The molecule has 3 rings (SSSR count). The first-order valence-electron chi connectivity index (χ1n) is 12.0. The summed E-state index contributed by atoms with van der Waals surface area (Å²) >= 11 is 0. The molecule has 37 heavy (non-hydrogen) atoms. The third kappa shape index (κ3) is 8.09. The van der Waals surface area contributed by atoms with Gasteiger partial charge in [0.15, 0.2) is 21.4 Å². The summed E-state index contributed by atoms with van der Waals surface area (Å²) < 4.78 is 53.0. The molecular formula is C26H33FN4O5S. The second-order valence-corrected chi connectivity index (χ2v) is 11.3. The number of aryl methyl sites for hydroxylation is 2. The summed E-state index contributed by atoms with van der Waals surface area (Å²) in [5.41, 5.74) is 1.38. The number of hydrogen-bond acceptors (Lipinski definition) is 8. The lowest BCUT2D eigenvalue weighted by Crippen LogP contribution is -2.19. The van der Waals surface area contributed by atoms with Crippen LogP contribution in [0.3, 0.4) is 0 Å². The fraction of sp³-hybridized carbons (Fsp3) is 0.423. The minimum absolute atomic E-state index is 0.0296. The second kappa shape index (κ2) is 12.3. The third-order valence-electron chi connectivity index (χ3n) is 5.52. The Morgan fingerprint density at radius 1 is 1.14 bits per heavy atom. The van der Waals surface area contributed by atoms with Crippen molar-refractivity contribution in [1.29, 1.82) is 0 Å². The summed E-state index contributed by atoms with van der Waals surface area (Å²) in [6.45, 7) is 4.66. The molecule has 3 aromatic rings. The van der Waals surface area contributed by atoms with E-state index < -0.39 is 15.7 Å². The number of benzene rings is 1. The molecule has 0 bridgehead atoms. The molecule has 0 aliphatic heterocycles. The van der Waals surface area contributed by atoms with Crippen molar-refractivity contribution in [3.05, 3.63) is 64.0 Å². The SMILES string of the molecule is CCCCS(=O)(=O)Cc1cc(-c2ccc(=O)n(C)c2)nc(Oc2c(C)cc(OCCN(C)C)cc2F)n1. The highest BCUT2D eigenvalue weighted by Crippen LogP contribution is 2.31. The van der Waals surface area contributed by atoms with Crippen molar-refractivity contribution in [1.82, 2.24) is 19.4 Å². The second-order valence-electron chi connectivity index (χ2n) is 9.14. The predicted octanol–water partition coefficient (Wildman–Crippen LogP) is 3.74. The number of rotatable bonds is 12. The predicted molar refractivity (Wildman–Crippen MR) is 140 cm³/mol. The molecule has 0 saturated carbocycles. The van der Waals surface area contributed by atoms with Crippen LogP contribution in [0.25, 0.3) is 11.3 Å². The molecule has 0 saturated heterocycles. The van der Waals surface area contributed by atoms with Gasteiger partial charge in [-0.3, -0.25) is 4.79 Å². The van der Waals surface area contributed by atoms with E-state index in [2.05, 4.69) is 9.97 Å². The molecule has 2 heterocycles. The zero-order valence-corrected chi connectivity index (χ0v) is 22.6. The largest absolute Gasteiger partial charge is 0.492 e. The smallest absolute Gasteiger partial charge is 0.322 e. The Balaban J connectivity index is 1.98. The summed E-state index contributed by atoms with van der Waals surface area (Å²) in [6.07, 6.45) is 2.86. The molecular weight excluding hydrogens is 499 g/mol. The maximum Gasteiger partial charge on any atom is 0.322 e. The van der Waals surface area contributed by atoms with Gasteiger partial charge in [0.1, 0.15) is 12.4 Å². The number of pyridine rings is 1. The van der Waals surface area contributed by atoms with Crippen molar-refractivity contribution in [3.8, 4) is 28.8 Å². The monoisotopic (exact) mass is 532 g/mol. The van der Waals surface area contributed by atoms with E-state index in [1.54, 1.807) is 38.4 Å². The average Bonchev–Trinajstić information content (AvgIpc) is 2.81. The first-order valence-corrected chi connectivity index (χ1v) is 13.8. The standard InChI is InChI=1S/C26H33FN4O5S/c1-6-7-12-37(33,34)17-20-14-23(19-8-9-24(32)31(5)16-19)29-26(28-20)36-25-18(2)13-21(15-22(25)27)35-11-10-30(3)4/h8-9,13-16H,6-7,10-12,17H2,1-5H3. The molecule has 0 unspecified atom stereocenters. The van der Waals surface area contributed by atoms with Crippen LogP contribution < -0.4 is 15.0 Å². The zero-order chi connectivity index (χ0) is 27.2. The van der Waals surface area contributed by atoms with Crippen LogP contribution >= 0.6 is 0 Å². The van der Waals surface area contributed by atoms with Gasteiger partial charge in [0.25, 0.3) is 0 Å². The quantitative estimate of drug-likeness (QED) is 0.348. The van der Waals surface area contributed by atoms with E-state index in [0.717, 1.165) is 6.42 Å². The van der Waals surface area contributed by atoms with Gasteiger partial charge in [0.05, 0.1) is 22.9 Å². The van der Waals surface area contributed by atoms with Gasteiger partial charge in [-0.05, 0) is 51.2 Å². The lowest BCUT2D eigenvalue weighted by Gasteiger charge is -2.14. The van der Waals surface area contributed by atoms with Crippen molar-refractivity contribution in [2.75, 3.05) is 33.0 Å². The molecule has 2 aromatic heterocycles. The van der Waals surface area contributed by atoms with Crippen LogP contribution in [-0.4, -0.2) is 60.9 Å². The van der Waals surface area contributed by atoms with Crippen molar-refractivity contribution >= 4 is 9.84 Å². The lowest BCUT2D eigenvalue weighted by molar-refractivity contribution is 0.260. The van der Waals surface area contributed by atoms with E-state index in [4.69, 9.17) is 9.47 Å². The number of likely N-dealkylation sites (N-methyl/N-ethyl adjacent to an activating group) is 1. The Hall–Kier alpha value is -3.31. The zero-order valence-electron chi connectivity index (χ0n) is 21.8. The number of hydrogen-bond donors (Lipinski definition) is 0. The number of nitrogens with zero attached hydrogens (tertiary/aromatic N) is 4. The maximum absolute atomic E-state index is 15.0. The number of ether oxygens (including phenoxy) is 2. The summed E-state index contributed by atoms with van der Waals surface area (Å²) in [5, 5.41) is 0. The summed E-state index contributed by atoms with van der Waals surface area (Å²) in [5.74, 6) is -0.663. The first kappa shape index (κ1) is 28.3. The molecule has 0 fully saturated rings. The van der Waals surface area contributed by atoms with E-state index in [0.29, 0.717) is 42.1 Å². The van der Waals surface area contributed by atoms with Gasteiger partial charge in [-0.15, -0.1) is 0 Å².